The van der Waals surface area contributed by atoms with Crippen molar-refractivity contribution >= 4 is 23.4 Å². The van der Waals surface area contributed by atoms with Gasteiger partial charge >= 0.3 is 0 Å². The van der Waals surface area contributed by atoms with E-state index in [0.29, 0.717) is 11.6 Å². The molecule has 0 aliphatic rings. The van der Waals surface area contributed by atoms with Gasteiger partial charge in [-0.1, -0.05) is 41.6 Å². The molecule has 5 nitrogen and oxygen atoms in total. The van der Waals surface area contributed by atoms with Gasteiger partial charge in [0.05, 0.1) is 6.61 Å². The second kappa shape index (κ2) is 8.91. The van der Waals surface area contributed by atoms with Crippen molar-refractivity contribution in [1.82, 2.24) is 19.7 Å². The van der Waals surface area contributed by atoms with Crippen LogP contribution in [0.15, 0.2) is 84.3 Å². The molecule has 2 aromatic heterocycles. The molecule has 0 amide bonds. The minimum Gasteiger partial charge on any atom is -0.493 e. The van der Waals surface area contributed by atoms with Crippen LogP contribution in [0, 0.1) is 0 Å². The second-order valence-electron chi connectivity index (χ2n) is 5.86. The van der Waals surface area contributed by atoms with E-state index in [9.17, 15) is 0 Å². The standard InChI is InChI=1S/C21H17ClN4OS/c22-17-6-8-18(9-7-17)26-20(16-10-12-23-13-11-16)24-25-21(26)28-15-14-27-19-4-2-1-3-5-19/h1-13H,14-15H2. The fraction of sp³-hybridized carbons (Fsp3) is 0.0952. The van der Waals surface area contributed by atoms with Crippen molar-refractivity contribution in [2.75, 3.05) is 12.4 Å². The predicted octanol–water partition coefficient (Wildman–Crippen LogP) is 5.15. The maximum atomic E-state index is 6.06. The lowest BCUT2D eigenvalue weighted by molar-refractivity contribution is 0.344. The molecule has 4 aromatic rings. The fourth-order valence-corrected chi connectivity index (χ4v) is 3.58. The Kier molecular flexibility index (Phi) is 5.89. The first-order valence-corrected chi connectivity index (χ1v) is 10.1. The van der Waals surface area contributed by atoms with Crippen molar-refractivity contribution in [3.63, 3.8) is 0 Å². The Hall–Kier alpha value is -2.83. The molecule has 2 heterocycles. The summed E-state index contributed by atoms with van der Waals surface area (Å²) in [5.41, 5.74) is 1.90. The van der Waals surface area contributed by atoms with Crippen molar-refractivity contribution < 1.29 is 4.74 Å². The molecule has 0 spiro atoms. The summed E-state index contributed by atoms with van der Waals surface area (Å²) >= 11 is 7.66. The molecule has 2 aromatic carbocycles. The zero-order chi connectivity index (χ0) is 19.2. The van der Waals surface area contributed by atoms with Crippen molar-refractivity contribution in [3.8, 4) is 22.8 Å². The van der Waals surface area contributed by atoms with Crippen LogP contribution in [-0.4, -0.2) is 32.1 Å². The molecule has 0 radical (unpaired) electrons. The van der Waals surface area contributed by atoms with E-state index in [0.717, 1.165) is 33.7 Å². The Bertz CT molecular complexity index is 1020. The van der Waals surface area contributed by atoms with E-state index >= 15 is 0 Å². The first kappa shape index (κ1) is 18.5. The maximum absolute atomic E-state index is 6.06. The summed E-state index contributed by atoms with van der Waals surface area (Å²) in [7, 11) is 0. The van der Waals surface area contributed by atoms with Gasteiger partial charge in [-0.15, -0.1) is 10.2 Å². The van der Waals surface area contributed by atoms with Crippen LogP contribution in [0.1, 0.15) is 0 Å². The van der Waals surface area contributed by atoms with Gasteiger partial charge in [0.15, 0.2) is 11.0 Å². The van der Waals surface area contributed by atoms with Gasteiger partial charge in [-0.2, -0.15) is 0 Å². The van der Waals surface area contributed by atoms with Crippen LogP contribution in [0.25, 0.3) is 17.1 Å². The normalized spacial score (nSPS) is 10.8. The van der Waals surface area contributed by atoms with Gasteiger partial charge in [-0.05, 0) is 48.5 Å². The molecule has 0 aliphatic heterocycles. The highest BCUT2D eigenvalue weighted by Crippen LogP contribution is 2.28. The highest BCUT2D eigenvalue weighted by Gasteiger charge is 2.16. The summed E-state index contributed by atoms with van der Waals surface area (Å²) in [5, 5.41) is 10.3. The zero-order valence-corrected chi connectivity index (χ0v) is 16.5. The molecule has 140 valence electrons. The molecule has 28 heavy (non-hydrogen) atoms. The summed E-state index contributed by atoms with van der Waals surface area (Å²) < 4.78 is 7.80. The number of ether oxygens (including phenoxy) is 1. The summed E-state index contributed by atoms with van der Waals surface area (Å²) in [6.07, 6.45) is 3.49. The van der Waals surface area contributed by atoms with Crippen LogP contribution in [-0.2, 0) is 0 Å². The largest absolute Gasteiger partial charge is 0.493 e. The Morgan fingerprint density at radius 1 is 0.893 bits per heavy atom. The lowest BCUT2D eigenvalue weighted by Crippen LogP contribution is -2.03. The SMILES string of the molecule is Clc1ccc(-n2c(SCCOc3ccccc3)nnc2-c2ccncc2)cc1. The lowest BCUT2D eigenvalue weighted by Gasteiger charge is -2.11. The number of thioether (sulfide) groups is 1. The number of nitrogens with zero attached hydrogens (tertiary/aromatic N) is 4. The lowest BCUT2D eigenvalue weighted by atomic mass is 10.2. The van der Waals surface area contributed by atoms with Crippen LogP contribution in [0.2, 0.25) is 5.02 Å². The van der Waals surface area contributed by atoms with E-state index < -0.39 is 0 Å². The first-order valence-electron chi connectivity index (χ1n) is 8.74. The van der Waals surface area contributed by atoms with Crippen LogP contribution < -0.4 is 4.74 Å². The van der Waals surface area contributed by atoms with Crippen LogP contribution in [0.5, 0.6) is 5.75 Å². The minimum absolute atomic E-state index is 0.576. The van der Waals surface area contributed by atoms with Gasteiger partial charge in [0.25, 0.3) is 0 Å². The third-order valence-electron chi connectivity index (χ3n) is 3.98. The van der Waals surface area contributed by atoms with E-state index in [1.807, 2.05) is 71.3 Å². The Morgan fingerprint density at radius 2 is 1.64 bits per heavy atom. The molecule has 0 N–H and O–H groups in total. The van der Waals surface area contributed by atoms with Crippen molar-refractivity contribution in [2.24, 2.45) is 0 Å². The Morgan fingerprint density at radius 3 is 2.39 bits per heavy atom. The summed E-state index contributed by atoms with van der Waals surface area (Å²) in [5.74, 6) is 2.37. The van der Waals surface area contributed by atoms with Crippen molar-refractivity contribution in [3.05, 3.63) is 84.1 Å². The molecule has 4 rings (SSSR count). The molecule has 0 saturated carbocycles. The van der Waals surface area contributed by atoms with Gasteiger partial charge in [-0.25, -0.2) is 0 Å². The third kappa shape index (κ3) is 4.35. The first-order chi connectivity index (χ1) is 13.8. The topological polar surface area (TPSA) is 52.8 Å². The summed E-state index contributed by atoms with van der Waals surface area (Å²) in [6, 6.07) is 21.3. The number of pyridine rings is 1. The molecule has 0 atom stereocenters. The monoisotopic (exact) mass is 408 g/mol. The van der Waals surface area contributed by atoms with Gasteiger partial charge in [0.2, 0.25) is 0 Å². The minimum atomic E-state index is 0.576. The third-order valence-corrected chi connectivity index (χ3v) is 5.13. The number of aromatic nitrogens is 4. The van der Waals surface area contributed by atoms with E-state index in [1.165, 1.54) is 0 Å². The smallest absolute Gasteiger partial charge is 0.196 e. The Balaban J connectivity index is 1.56. The zero-order valence-electron chi connectivity index (χ0n) is 14.9. The molecule has 0 bridgehead atoms. The van der Waals surface area contributed by atoms with E-state index in [1.54, 1.807) is 24.2 Å². The highest BCUT2D eigenvalue weighted by atomic mass is 35.5. The van der Waals surface area contributed by atoms with Crippen molar-refractivity contribution in [1.29, 1.82) is 0 Å². The van der Waals surface area contributed by atoms with Gasteiger partial charge in [0, 0.05) is 34.4 Å². The Labute approximate surface area is 172 Å². The number of halogens is 1. The predicted molar refractivity (Wildman–Crippen MR) is 112 cm³/mol. The van der Waals surface area contributed by atoms with Crippen LogP contribution in [0.3, 0.4) is 0 Å². The number of hydrogen-bond donors (Lipinski definition) is 0. The quantitative estimate of drug-likeness (QED) is 0.312. The maximum Gasteiger partial charge on any atom is 0.196 e. The van der Waals surface area contributed by atoms with Gasteiger partial charge < -0.3 is 4.74 Å². The molecular formula is C21H17ClN4OS. The summed E-state index contributed by atoms with van der Waals surface area (Å²) in [6.45, 7) is 0.576. The molecular weight excluding hydrogens is 392 g/mol. The average Bonchev–Trinajstić information content (AvgIpc) is 3.17. The average molecular weight is 409 g/mol. The van der Waals surface area contributed by atoms with Crippen LogP contribution >= 0.6 is 23.4 Å². The van der Waals surface area contributed by atoms with Gasteiger partial charge in [0.1, 0.15) is 5.75 Å². The molecule has 0 unspecified atom stereocenters. The number of para-hydroxylation sites is 1. The molecule has 0 saturated heterocycles. The molecule has 7 heteroatoms. The van der Waals surface area contributed by atoms with E-state index in [4.69, 9.17) is 16.3 Å². The van der Waals surface area contributed by atoms with E-state index in [-0.39, 0.29) is 0 Å². The molecule has 0 aliphatic carbocycles. The van der Waals surface area contributed by atoms with Crippen LogP contribution in [0.4, 0.5) is 0 Å². The fourth-order valence-electron chi connectivity index (χ4n) is 2.68. The van der Waals surface area contributed by atoms with Gasteiger partial charge in [-0.3, -0.25) is 9.55 Å². The number of hydrogen-bond acceptors (Lipinski definition) is 5. The van der Waals surface area contributed by atoms with Crippen molar-refractivity contribution in [2.45, 2.75) is 5.16 Å². The molecule has 0 fully saturated rings. The second-order valence-corrected chi connectivity index (χ2v) is 7.36. The van der Waals surface area contributed by atoms with E-state index in [2.05, 4.69) is 15.2 Å². The highest BCUT2D eigenvalue weighted by molar-refractivity contribution is 7.99. The number of rotatable bonds is 7. The number of benzene rings is 2. The summed E-state index contributed by atoms with van der Waals surface area (Å²) in [4.78, 5) is 4.08.